The van der Waals surface area contributed by atoms with E-state index in [9.17, 15) is 26.7 Å². The van der Waals surface area contributed by atoms with E-state index in [1.54, 1.807) is 0 Å². The van der Waals surface area contributed by atoms with Crippen LogP contribution in [0.1, 0.15) is 45.4 Å². The van der Waals surface area contributed by atoms with E-state index in [0.29, 0.717) is 12.8 Å². The van der Waals surface area contributed by atoms with Crippen LogP contribution in [0.4, 0.5) is 22.0 Å². The summed E-state index contributed by atoms with van der Waals surface area (Å²) in [5, 5.41) is 0.115. The van der Waals surface area contributed by atoms with Crippen LogP contribution in [0.3, 0.4) is 0 Å². The number of fused-ring (bicyclic) bond motifs is 1. The molecule has 0 amide bonds. The number of alkyl halides is 4. The molecule has 1 aliphatic rings. The van der Waals surface area contributed by atoms with Gasteiger partial charge in [0.05, 0.1) is 5.92 Å². The van der Waals surface area contributed by atoms with Crippen molar-refractivity contribution in [2.45, 2.75) is 58.0 Å². The molecule has 2 aromatic rings. The SMILES string of the molecule is CCCCC1CCC(C(=O)Oc2ccc3c(F)c(OC(F)(F)F)ccc3c2)C(F)C1. The van der Waals surface area contributed by atoms with Gasteiger partial charge < -0.3 is 9.47 Å². The van der Waals surface area contributed by atoms with Crippen molar-refractivity contribution in [3.8, 4) is 11.5 Å². The van der Waals surface area contributed by atoms with Crippen molar-refractivity contribution < 1.29 is 36.2 Å². The maximum absolute atomic E-state index is 14.5. The lowest BCUT2D eigenvalue weighted by atomic mass is 9.78. The third-order valence-electron chi connectivity index (χ3n) is 5.48. The Morgan fingerprint density at radius 3 is 2.60 bits per heavy atom. The minimum absolute atomic E-state index is 0.0803. The number of esters is 1. The van der Waals surface area contributed by atoms with Crippen LogP contribution in [0, 0.1) is 17.7 Å². The van der Waals surface area contributed by atoms with E-state index >= 15 is 0 Å². The van der Waals surface area contributed by atoms with Crippen LogP contribution in [0.25, 0.3) is 10.8 Å². The van der Waals surface area contributed by atoms with Gasteiger partial charge in [0.1, 0.15) is 11.9 Å². The highest BCUT2D eigenvalue weighted by Gasteiger charge is 2.36. The van der Waals surface area contributed by atoms with Crippen LogP contribution in [0.2, 0.25) is 0 Å². The number of rotatable bonds is 6. The number of carbonyl (C=O) groups is 1. The molecular formula is C22H23F5O3. The lowest BCUT2D eigenvalue weighted by molar-refractivity contribution is -0.275. The molecule has 8 heteroatoms. The smallest absolute Gasteiger partial charge is 0.426 e. The molecule has 0 aliphatic heterocycles. The van der Waals surface area contributed by atoms with Gasteiger partial charge in [0.25, 0.3) is 0 Å². The number of hydrogen-bond donors (Lipinski definition) is 0. The van der Waals surface area contributed by atoms with Gasteiger partial charge in [-0.05, 0) is 54.8 Å². The highest BCUT2D eigenvalue weighted by molar-refractivity contribution is 5.87. The van der Waals surface area contributed by atoms with Crippen LogP contribution in [-0.4, -0.2) is 18.5 Å². The molecule has 0 saturated heterocycles. The zero-order valence-corrected chi connectivity index (χ0v) is 16.5. The Labute approximate surface area is 171 Å². The third kappa shape index (κ3) is 5.40. The zero-order chi connectivity index (χ0) is 21.9. The Morgan fingerprint density at radius 1 is 1.17 bits per heavy atom. The van der Waals surface area contributed by atoms with E-state index in [2.05, 4.69) is 11.7 Å². The van der Waals surface area contributed by atoms with Crippen molar-refractivity contribution in [3.63, 3.8) is 0 Å². The molecule has 0 bridgehead atoms. The maximum Gasteiger partial charge on any atom is 0.573 e. The minimum Gasteiger partial charge on any atom is -0.426 e. The van der Waals surface area contributed by atoms with Gasteiger partial charge in [-0.15, -0.1) is 13.2 Å². The molecule has 1 saturated carbocycles. The Morgan fingerprint density at radius 2 is 1.93 bits per heavy atom. The minimum atomic E-state index is -5.01. The van der Waals surface area contributed by atoms with Crippen molar-refractivity contribution in [2.75, 3.05) is 0 Å². The van der Waals surface area contributed by atoms with Gasteiger partial charge in [-0.25, -0.2) is 8.78 Å². The van der Waals surface area contributed by atoms with Crippen LogP contribution in [-0.2, 0) is 4.79 Å². The van der Waals surface area contributed by atoms with Gasteiger partial charge in [-0.1, -0.05) is 32.3 Å². The second kappa shape index (κ2) is 9.18. The van der Waals surface area contributed by atoms with Crippen LogP contribution in [0.15, 0.2) is 30.3 Å². The summed E-state index contributed by atoms with van der Waals surface area (Å²) in [6, 6.07) is 5.87. The van der Waals surface area contributed by atoms with Gasteiger partial charge in [0, 0.05) is 5.39 Å². The number of hydrogen-bond acceptors (Lipinski definition) is 3. The fourth-order valence-electron chi connectivity index (χ4n) is 3.93. The predicted molar refractivity (Wildman–Crippen MR) is 101 cm³/mol. The number of ether oxygens (including phenoxy) is 2. The third-order valence-corrected chi connectivity index (χ3v) is 5.48. The summed E-state index contributed by atoms with van der Waals surface area (Å²) in [7, 11) is 0. The lowest BCUT2D eigenvalue weighted by Gasteiger charge is -2.30. The van der Waals surface area contributed by atoms with Gasteiger partial charge >= 0.3 is 12.3 Å². The average molecular weight is 430 g/mol. The van der Waals surface area contributed by atoms with Crippen LogP contribution >= 0.6 is 0 Å². The highest BCUT2D eigenvalue weighted by Crippen LogP contribution is 2.36. The summed E-state index contributed by atoms with van der Waals surface area (Å²) in [6.07, 6.45) is -1.73. The van der Waals surface area contributed by atoms with E-state index in [4.69, 9.17) is 4.74 Å². The molecule has 0 heterocycles. The Kier molecular flexibility index (Phi) is 6.83. The summed E-state index contributed by atoms with van der Waals surface area (Å²) in [5.74, 6) is -3.29. The van der Waals surface area contributed by atoms with Crippen molar-refractivity contribution in [3.05, 3.63) is 36.1 Å². The first kappa shape index (κ1) is 22.3. The molecule has 0 N–H and O–H groups in total. The topological polar surface area (TPSA) is 35.5 Å². The molecule has 1 fully saturated rings. The summed E-state index contributed by atoms with van der Waals surface area (Å²) < 4.78 is 74.8. The largest absolute Gasteiger partial charge is 0.573 e. The Balaban J connectivity index is 1.69. The molecule has 0 spiro atoms. The van der Waals surface area contributed by atoms with Gasteiger partial charge in [-0.3, -0.25) is 4.79 Å². The number of unbranched alkanes of at least 4 members (excludes halogenated alkanes) is 1. The lowest BCUT2D eigenvalue weighted by Crippen LogP contribution is -2.34. The van der Waals surface area contributed by atoms with Gasteiger partial charge in [-0.2, -0.15) is 0 Å². The Hall–Kier alpha value is -2.38. The van der Waals surface area contributed by atoms with Crippen LogP contribution < -0.4 is 9.47 Å². The maximum atomic E-state index is 14.5. The van der Waals surface area contributed by atoms with Crippen LogP contribution in [0.5, 0.6) is 11.5 Å². The van der Waals surface area contributed by atoms with Crippen molar-refractivity contribution >= 4 is 16.7 Å². The summed E-state index contributed by atoms with van der Waals surface area (Å²) >= 11 is 0. The average Bonchev–Trinajstić information content (AvgIpc) is 2.67. The second-order valence-corrected chi connectivity index (χ2v) is 7.67. The monoisotopic (exact) mass is 430 g/mol. The fraction of sp³-hybridized carbons (Fsp3) is 0.500. The van der Waals surface area contributed by atoms with E-state index in [0.717, 1.165) is 31.7 Å². The first-order valence-electron chi connectivity index (χ1n) is 10.0. The van der Waals surface area contributed by atoms with E-state index < -0.39 is 36.0 Å². The molecule has 0 aromatic heterocycles. The Bertz CT molecular complexity index is 896. The first-order chi connectivity index (χ1) is 14.2. The molecule has 3 unspecified atom stereocenters. The molecule has 3 nitrogen and oxygen atoms in total. The van der Waals surface area contributed by atoms with E-state index in [1.807, 2.05) is 0 Å². The van der Waals surface area contributed by atoms with Crippen molar-refractivity contribution in [1.82, 2.24) is 0 Å². The predicted octanol–water partition coefficient (Wildman–Crippen LogP) is 6.73. The quantitative estimate of drug-likeness (QED) is 0.290. The highest BCUT2D eigenvalue weighted by atomic mass is 19.4. The molecule has 164 valence electrons. The summed E-state index contributed by atoms with van der Waals surface area (Å²) in [4.78, 5) is 12.4. The number of benzene rings is 2. The summed E-state index contributed by atoms with van der Waals surface area (Å²) in [6.45, 7) is 2.08. The van der Waals surface area contributed by atoms with Crippen molar-refractivity contribution in [2.24, 2.45) is 11.8 Å². The number of halogens is 5. The van der Waals surface area contributed by atoms with E-state index in [1.165, 1.54) is 24.3 Å². The summed E-state index contributed by atoms with van der Waals surface area (Å²) in [5.41, 5.74) is 0. The number of carbonyl (C=O) groups excluding carboxylic acids is 1. The standard InChI is InChI=1S/C22H23F5O3/c1-2-3-4-13-5-8-17(18(23)11-13)21(28)29-15-7-9-16-14(12-15)6-10-19(20(16)24)30-22(25,26)27/h6-7,9-10,12-13,17-18H,2-5,8,11H2,1H3. The second-order valence-electron chi connectivity index (χ2n) is 7.67. The molecule has 3 atom stereocenters. The van der Waals surface area contributed by atoms with Crippen molar-refractivity contribution in [1.29, 1.82) is 0 Å². The molecule has 0 radical (unpaired) electrons. The first-order valence-corrected chi connectivity index (χ1v) is 10.0. The molecule has 3 rings (SSSR count). The van der Waals surface area contributed by atoms with Gasteiger partial charge in [0.15, 0.2) is 11.6 Å². The fourth-order valence-corrected chi connectivity index (χ4v) is 3.93. The molecule has 30 heavy (non-hydrogen) atoms. The normalized spacial score (nSPS) is 22.1. The molecule has 1 aliphatic carbocycles. The van der Waals surface area contributed by atoms with Gasteiger partial charge in [0.2, 0.25) is 0 Å². The molecular weight excluding hydrogens is 407 g/mol. The molecule has 2 aromatic carbocycles. The zero-order valence-electron chi connectivity index (χ0n) is 16.5. The van der Waals surface area contributed by atoms with E-state index in [-0.39, 0.29) is 22.4 Å².